The van der Waals surface area contributed by atoms with E-state index in [2.05, 4.69) is 41.2 Å². The van der Waals surface area contributed by atoms with E-state index in [9.17, 15) is 4.39 Å². The lowest BCUT2D eigenvalue weighted by atomic mass is 9.93. The second-order valence-corrected chi connectivity index (χ2v) is 6.92. The quantitative estimate of drug-likeness (QED) is 0.719. The average Bonchev–Trinajstić information content (AvgIpc) is 3.06. The van der Waals surface area contributed by atoms with Gasteiger partial charge in [-0.05, 0) is 85.3 Å². The highest BCUT2D eigenvalue weighted by Crippen LogP contribution is 2.27. The first kappa shape index (κ1) is 15.4. The fourth-order valence-electron chi connectivity index (χ4n) is 3.80. The highest BCUT2D eigenvalue weighted by molar-refractivity contribution is 5.85. The van der Waals surface area contributed by atoms with Crippen molar-refractivity contribution >= 4 is 10.9 Å². The molecule has 124 valence electrons. The lowest BCUT2D eigenvalue weighted by Gasteiger charge is -2.32. The van der Waals surface area contributed by atoms with Gasteiger partial charge >= 0.3 is 0 Å². The Morgan fingerprint density at radius 2 is 1.92 bits per heavy atom. The number of hydrogen-bond donors (Lipinski definition) is 1. The first-order valence-corrected chi connectivity index (χ1v) is 8.77. The summed E-state index contributed by atoms with van der Waals surface area (Å²) in [7, 11) is 2.16. The van der Waals surface area contributed by atoms with Crippen LogP contribution in [0.25, 0.3) is 22.0 Å². The molecule has 1 atom stereocenters. The molecule has 3 heteroatoms. The highest BCUT2D eigenvalue weighted by atomic mass is 19.1. The molecule has 1 unspecified atom stereocenters. The van der Waals surface area contributed by atoms with E-state index in [1.54, 1.807) is 6.07 Å². The van der Waals surface area contributed by atoms with Crippen molar-refractivity contribution in [1.82, 2.24) is 9.88 Å². The van der Waals surface area contributed by atoms with Gasteiger partial charge in [0.05, 0.1) is 0 Å². The molecule has 1 N–H and O–H groups in total. The van der Waals surface area contributed by atoms with E-state index in [1.165, 1.54) is 18.2 Å². The normalized spacial score (nSPS) is 19.0. The van der Waals surface area contributed by atoms with Gasteiger partial charge in [0.25, 0.3) is 0 Å². The highest BCUT2D eigenvalue weighted by Gasteiger charge is 2.20. The number of likely N-dealkylation sites (N-methyl/N-ethyl adjacent to an activating group) is 1. The summed E-state index contributed by atoms with van der Waals surface area (Å²) < 4.78 is 14.3. The number of nitrogens with one attached hydrogen (secondary N) is 1. The van der Waals surface area contributed by atoms with E-state index in [0.29, 0.717) is 6.04 Å². The van der Waals surface area contributed by atoms with Gasteiger partial charge in [0, 0.05) is 17.8 Å². The van der Waals surface area contributed by atoms with E-state index in [4.69, 9.17) is 0 Å². The number of hydrogen-bond acceptors (Lipinski definition) is 1. The van der Waals surface area contributed by atoms with Crippen LogP contribution >= 0.6 is 0 Å². The third-order valence-corrected chi connectivity index (χ3v) is 5.31. The van der Waals surface area contributed by atoms with Crippen molar-refractivity contribution in [1.29, 1.82) is 0 Å². The minimum atomic E-state index is -0.0829. The van der Waals surface area contributed by atoms with Crippen LogP contribution in [0.5, 0.6) is 0 Å². The zero-order chi connectivity index (χ0) is 16.5. The number of nitrogens with zero attached hydrogens (tertiary/aromatic N) is 1. The molecule has 0 bridgehead atoms. The molecule has 1 saturated heterocycles. The standard InChI is InChI=1S/C21H23FN2/c1-24-11-3-2-4-19(24)14-18-13-15(5-7-20(18)22)16-6-8-21-17(12-16)9-10-23-21/h5-10,12-13,19,23H,2-4,11,14H2,1H3. The van der Waals surface area contributed by atoms with Gasteiger partial charge in [-0.15, -0.1) is 0 Å². The van der Waals surface area contributed by atoms with Crippen molar-refractivity contribution in [2.45, 2.75) is 31.7 Å². The lowest BCUT2D eigenvalue weighted by Crippen LogP contribution is -2.37. The van der Waals surface area contributed by atoms with Crippen LogP contribution in [0.1, 0.15) is 24.8 Å². The Balaban J connectivity index is 1.65. The van der Waals surface area contributed by atoms with Crippen molar-refractivity contribution in [3.8, 4) is 11.1 Å². The molecule has 4 rings (SSSR count). The molecule has 0 radical (unpaired) electrons. The summed E-state index contributed by atoms with van der Waals surface area (Å²) in [5, 5.41) is 1.19. The van der Waals surface area contributed by atoms with Crippen molar-refractivity contribution in [3.05, 3.63) is 60.0 Å². The first-order chi connectivity index (χ1) is 11.7. The maximum Gasteiger partial charge on any atom is 0.126 e. The SMILES string of the molecule is CN1CCCCC1Cc1cc(-c2ccc3[nH]ccc3c2)ccc1F. The van der Waals surface area contributed by atoms with E-state index in [0.717, 1.165) is 41.6 Å². The second kappa shape index (κ2) is 6.40. The molecule has 24 heavy (non-hydrogen) atoms. The van der Waals surface area contributed by atoms with Gasteiger partial charge in [0.1, 0.15) is 5.82 Å². The van der Waals surface area contributed by atoms with Crippen molar-refractivity contribution in [3.63, 3.8) is 0 Å². The molecule has 2 heterocycles. The van der Waals surface area contributed by atoms with Gasteiger partial charge in [-0.3, -0.25) is 0 Å². The lowest BCUT2D eigenvalue weighted by molar-refractivity contribution is 0.183. The number of aromatic nitrogens is 1. The summed E-state index contributed by atoms with van der Waals surface area (Å²) in [6.45, 7) is 1.12. The number of aromatic amines is 1. The number of fused-ring (bicyclic) bond motifs is 1. The Labute approximate surface area is 142 Å². The Bertz CT molecular complexity index is 852. The molecule has 2 nitrogen and oxygen atoms in total. The second-order valence-electron chi connectivity index (χ2n) is 6.92. The molecule has 1 aliphatic heterocycles. The number of H-pyrrole nitrogens is 1. The van der Waals surface area contributed by atoms with Crippen LogP contribution in [-0.2, 0) is 6.42 Å². The van der Waals surface area contributed by atoms with Gasteiger partial charge < -0.3 is 9.88 Å². The molecular formula is C21H23FN2. The van der Waals surface area contributed by atoms with Gasteiger partial charge in [0.2, 0.25) is 0 Å². The van der Waals surface area contributed by atoms with Crippen molar-refractivity contribution in [2.24, 2.45) is 0 Å². The Morgan fingerprint density at radius 1 is 1.08 bits per heavy atom. The largest absolute Gasteiger partial charge is 0.361 e. The molecule has 1 aromatic heterocycles. The zero-order valence-corrected chi connectivity index (χ0v) is 14.1. The van der Waals surface area contributed by atoms with E-state index >= 15 is 0 Å². The van der Waals surface area contributed by atoms with E-state index in [1.807, 2.05) is 18.3 Å². The maximum atomic E-state index is 14.3. The van der Waals surface area contributed by atoms with Crippen LogP contribution in [0.3, 0.4) is 0 Å². The third kappa shape index (κ3) is 2.96. The van der Waals surface area contributed by atoms with Crippen LogP contribution in [0, 0.1) is 5.82 Å². The minimum absolute atomic E-state index is 0.0829. The Kier molecular flexibility index (Phi) is 4.11. The molecule has 2 aromatic carbocycles. The first-order valence-electron chi connectivity index (χ1n) is 8.77. The topological polar surface area (TPSA) is 19.0 Å². The zero-order valence-electron chi connectivity index (χ0n) is 14.1. The van der Waals surface area contributed by atoms with Gasteiger partial charge in [-0.2, -0.15) is 0 Å². The average molecular weight is 322 g/mol. The summed E-state index contributed by atoms with van der Waals surface area (Å²) >= 11 is 0. The van der Waals surface area contributed by atoms with E-state index < -0.39 is 0 Å². The predicted octanol–water partition coefficient (Wildman–Crippen LogP) is 5.00. The molecule has 1 aliphatic rings. The Morgan fingerprint density at radius 3 is 2.79 bits per heavy atom. The Hall–Kier alpha value is -2.13. The summed E-state index contributed by atoms with van der Waals surface area (Å²) in [4.78, 5) is 5.59. The predicted molar refractivity (Wildman–Crippen MR) is 97.7 cm³/mol. The minimum Gasteiger partial charge on any atom is -0.361 e. The third-order valence-electron chi connectivity index (χ3n) is 5.31. The molecule has 1 fully saturated rings. The molecule has 3 aromatic rings. The smallest absolute Gasteiger partial charge is 0.126 e. The van der Waals surface area contributed by atoms with Gasteiger partial charge in [-0.1, -0.05) is 18.6 Å². The molecule has 0 amide bonds. The van der Waals surface area contributed by atoms with Crippen LogP contribution in [-0.4, -0.2) is 29.5 Å². The summed E-state index contributed by atoms with van der Waals surface area (Å²) in [6, 6.07) is 14.4. The monoisotopic (exact) mass is 322 g/mol. The van der Waals surface area contributed by atoms with Gasteiger partial charge in [0.15, 0.2) is 0 Å². The molecule has 0 saturated carbocycles. The van der Waals surface area contributed by atoms with Crippen LogP contribution in [0.4, 0.5) is 4.39 Å². The van der Waals surface area contributed by atoms with E-state index in [-0.39, 0.29) is 5.82 Å². The number of piperidine rings is 1. The number of rotatable bonds is 3. The summed E-state index contributed by atoms with van der Waals surface area (Å²) in [6.07, 6.45) is 6.41. The number of benzene rings is 2. The molecule has 0 aliphatic carbocycles. The van der Waals surface area contributed by atoms with Crippen molar-refractivity contribution < 1.29 is 4.39 Å². The van der Waals surface area contributed by atoms with Crippen LogP contribution < -0.4 is 0 Å². The fourth-order valence-corrected chi connectivity index (χ4v) is 3.80. The molecule has 0 spiro atoms. The number of halogens is 1. The molecular weight excluding hydrogens is 299 g/mol. The van der Waals surface area contributed by atoms with Gasteiger partial charge in [-0.25, -0.2) is 4.39 Å². The summed E-state index contributed by atoms with van der Waals surface area (Å²) in [5.74, 6) is -0.0829. The fraction of sp³-hybridized carbons (Fsp3) is 0.333. The maximum absolute atomic E-state index is 14.3. The number of likely N-dealkylation sites (tertiary alicyclic amines) is 1. The van der Waals surface area contributed by atoms with Crippen molar-refractivity contribution in [2.75, 3.05) is 13.6 Å². The van der Waals surface area contributed by atoms with Crippen LogP contribution in [0.2, 0.25) is 0 Å². The van der Waals surface area contributed by atoms with Crippen LogP contribution in [0.15, 0.2) is 48.7 Å². The summed E-state index contributed by atoms with van der Waals surface area (Å²) in [5.41, 5.74) is 4.19.